The van der Waals surface area contributed by atoms with E-state index in [1.165, 1.54) is 4.90 Å². The van der Waals surface area contributed by atoms with Crippen molar-refractivity contribution >= 4 is 17.8 Å². The minimum absolute atomic E-state index is 0.0551. The van der Waals surface area contributed by atoms with Crippen LogP contribution in [-0.2, 0) is 16.0 Å². The Morgan fingerprint density at radius 1 is 1.30 bits per heavy atom. The van der Waals surface area contributed by atoms with Crippen LogP contribution in [0.5, 0.6) is 5.75 Å². The van der Waals surface area contributed by atoms with Gasteiger partial charge in [-0.2, -0.15) is 0 Å². The first-order valence-electron chi connectivity index (χ1n) is 8.98. The van der Waals surface area contributed by atoms with E-state index < -0.39 is 11.6 Å². The molecule has 2 rings (SSSR count). The molecule has 0 spiro atoms. The third-order valence-corrected chi connectivity index (χ3v) is 3.86. The molecule has 1 aliphatic rings. The molecule has 8 heteroatoms. The van der Waals surface area contributed by atoms with Gasteiger partial charge in [-0.3, -0.25) is 14.6 Å². The quantitative estimate of drug-likeness (QED) is 0.318. The van der Waals surface area contributed by atoms with E-state index in [-0.39, 0.29) is 18.4 Å². The number of hydrogen-bond donors (Lipinski definition) is 2. The topological polar surface area (TPSA) is 120 Å². The van der Waals surface area contributed by atoms with Gasteiger partial charge in [0.25, 0.3) is 5.91 Å². The molecule has 0 saturated heterocycles. The maximum absolute atomic E-state index is 12.7. The largest absolute Gasteiger partial charge is 0.494 e. The zero-order valence-electron chi connectivity index (χ0n) is 16.2. The fraction of sp³-hybridized carbons (Fsp3) is 0.526. The Morgan fingerprint density at radius 3 is 2.70 bits per heavy atom. The van der Waals surface area contributed by atoms with Gasteiger partial charge >= 0.3 is 5.97 Å². The van der Waals surface area contributed by atoms with E-state index in [4.69, 9.17) is 20.9 Å². The number of carbonyl (C=O) groups is 2. The summed E-state index contributed by atoms with van der Waals surface area (Å²) in [6.07, 6.45) is 1.35. The van der Waals surface area contributed by atoms with Gasteiger partial charge in [-0.05, 0) is 44.9 Å². The zero-order valence-corrected chi connectivity index (χ0v) is 16.2. The molecular weight excluding hydrogens is 348 g/mol. The second-order valence-electron chi connectivity index (χ2n) is 7.39. The van der Waals surface area contributed by atoms with E-state index in [0.717, 1.165) is 5.56 Å². The fourth-order valence-electron chi connectivity index (χ4n) is 2.73. The van der Waals surface area contributed by atoms with Gasteiger partial charge in [0.15, 0.2) is 5.96 Å². The lowest BCUT2D eigenvalue weighted by Gasteiger charge is -2.29. The van der Waals surface area contributed by atoms with Crippen molar-refractivity contribution < 1.29 is 19.1 Å². The monoisotopic (exact) mass is 376 g/mol. The molecule has 27 heavy (non-hydrogen) atoms. The first kappa shape index (κ1) is 20.5. The third kappa shape index (κ3) is 6.47. The molecule has 1 amide bonds. The number of amides is 1. The van der Waals surface area contributed by atoms with E-state index >= 15 is 0 Å². The van der Waals surface area contributed by atoms with Gasteiger partial charge in [-0.1, -0.05) is 6.07 Å². The number of ether oxygens (including phenoxy) is 2. The number of carbonyl (C=O) groups excluding carboxylic acids is 2. The molecule has 0 atom stereocenters. The average molecular weight is 376 g/mol. The van der Waals surface area contributed by atoms with Crippen molar-refractivity contribution in [2.75, 3.05) is 26.2 Å². The van der Waals surface area contributed by atoms with Crippen molar-refractivity contribution in [3.63, 3.8) is 0 Å². The van der Waals surface area contributed by atoms with Crippen molar-refractivity contribution in [2.24, 2.45) is 16.5 Å². The average Bonchev–Trinajstić information content (AvgIpc) is 2.55. The highest BCUT2D eigenvalue weighted by Crippen LogP contribution is 2.24. The molecule has 1 aromatic carbocycles. The van der Waals surface area contributed by atoms with Gasteiger partial charge < -0.3 is 25.8 Å². The number of rotatable bonds is 7. The lowest BCUT2D eigenvalue weighted by atomic mass is 9.98. The van der Waals surface area contributed by atoms with E-state index in [1.54, 1.807) is 26.8 Å². The first-order valence-corrected chi connectivity index (χ1v) is 8.98. The van der Waals surface area contributed by atoms with Crippen LogP contribution in [0.25, 0.3) is 0 Å². The van der Waals surface area contributed by atoms with Crippen LogP contribution in [0, 0.1) is 0 Å². The number of nitrogens with zero attached hydrogens (tertiary/aromatic N) is 2. The van der Waals surface area contributed by atoms with Crippen molar-refractivity contribution in [3.05, 3.63) is 29.3 Å². The molecule has 0 saturated carbocycles. The normalized spacial score (nSPS) is 13.7. The summed E-state index contributed by atoms with van der Waals surface area (Å²) in [4.78, 5) is 30.2. The summed E-state index contributed by atoms with van der Waals surface area (Å²) in [5.74, 6) is 0.0601. The highest BCUT2D eigenvalue weighted by atomic mass is 16.6. The summed E-state index contributed by atoms with van der Waals surface area (Å²) < 4.78 is 11.0. The van der Waals surface area contributed by atoms with Crippen molar-refractivity contribution in [2.45, 2.75) is 39.2 Å². The number of fused-ring (bicyclic) bond motifs is 1. The van der Waals surface area contributed by atoms with Crippen LogP contribution >= 0.6 is 0 Å². The number of guanidine groups is 1. The van der Waals surface area contributed by atoms with Gasteiger partial charge in [-0.15, -0.1) is 0 Å². The van der Waals surface area contributed by atoms with E-state index in [9.17, 15) is 9.59 Å². The lowest BCUT2D eigenvalue weighted by Crippen LogP contribution is -2.42. The Morgan fingerprint density at radius 2 is 2.04 bits per heavy atom. The molecule has 8 nitrogen and oxygen atoms in total. The van der Waals surface area contributed by atoms with E-state index in [0.29, 0.717) is 43.9 Å². The number of hydrogen-bond acceptors (Lipinski definition) is 5. The van der Waals surface area contributed by atoms with Crippen LogP contribution in [-0.4, -0.2) is 54.6 Å². The Balaban J connectivity index is 1.97. The molecule has 0 aromatic heterocycles. The fourth-order valence-corrected chi connectivity index (χ4v) is 2.73. The Labute approximate surface area is 159 Å². The predicted molar refractivity (Wildman–Crippen MR) is 103 cm³/mol. The third-order valence-electron chi connectivity index (χ3n) is 3.86. The maximum atomic E-state index is 12.7. The van der Waals surface area contributed by atoms with Crippen LogP contribution in [0.15, 0.2) is 23.2 Å². The van der Waals surface area contributed by atoms with Gasteiger partial charge in [0.1, 0.15) is 17.9 Å². The summed E-state index contributed by atoms with van der Waals surface area (Å²) in [6, 6.07) is 5.46. The molecule has 0 aliphatic carbocycles. The number of benzene rings is 1. The molecule has 0 unspecified atom stereocenters. The first-order chi connectivity index (χ1) is 12.7. The van der Waals surface area contributed by atoms with Crippen molar-refractivity contribution in [3.8, 4) is 5.75 Å². The summed E-state index contributed by atoms with van der Waals surface area (Å²) in [5.41, 5.74) is 11.5. The summed E-state index contributed by atoms with van der Waals surface area (Å²) in [7, 11) is 0. The van der Waals surface area contributed by atoms with Crippen LogP contribution in [0.4, 0.5) is 0 Å². The molecule has 148 valence electrons. The molecule has 0 bridgehead atoms. The van der Waals surface area contributed by atoms with Crippen LogP contribution in [0.2, 0.25) is 0 Å². The lowest BCUT2D eigenvalue weighted by molar-refractivity contribution is -0.155. The SMILES string of the molecule is CC(C)(C)OC(=O)CN1CCc2ccc(OCCCN=C(N)N)cc2C1=O. The standard InChI is InChI=1S/C19H28N4O4/c1-19(2,3)27-16(24)12-23-9-7-13-5-6-14(11-15(13)17(23)25)26-10-4-8-22-18(20)21/h5-6,11H,4,7-10,12H2,1-3H3,(H4,20,21,22). The number of nitrogens with two attached hydrogens (primary N) is 2. The summed E-state index contributed by atoms with van der Waals surface area (Å²) >= 11 is 0. The maximum Gasteiger partial charge on any atom is 0.326 e. The van der Waals surface area contributed by atoms with Crippen molar-refractivity contribution in [1.82, 2.24) is 4.90 Å². The smallest absolute Gasteiger partial charge is 0.326 e. The Hall–Kier alpha value is -2.77. The van der Waals surface area contributed by atoms with Crippen LogP contribution in [0.3, 0.4) is 0 Å². The Bertz CT molecular complexity index is 721. The van der Waals surface area contributed by atoms with Crippen LogP contribution in [0.1, 0.15) is 43.1 Å². The number of esters is 1. The Kier molecular flexibility index (Phi) is 6.65. The number of aliphatic imine (C=N–C) groups is 1. The second-order valence-corrected chi connectivity index (χ2v) is 7.39. The molecule has 1 aromatic rings. The minimum atomic E-state index is -0.576. The highest BCUT2D eigenvalue weighted by molar-refractivity contribution is 5.98. The van der Waals surface area contributed by atoms with Crippen molar-refractivity contribution in [1.29, 1.82) is 0 Å². The van der Waals surface area contributed by atoms with Gasteiger partial charge in [-0.25, -0.2) is 0 Å². The van der Waals surface area contributed by atoms with Gasteiger partial charge in [0.2, 0.25) is 0 Å². The van der Waals surface area contributed by atoms with E-state index in [2.05, 4.69) is 4.99 Å². The van der Waals surface area contributed by atoms with Gasteiger partial charge in [0, 0.05) is 25.1 Å². The summed E-state index contributed by atoms with van der Waals surface area (Å²) in [5, 5.41) is 0. The van der Waals surface area contributed by atoms with Crippen LogP contribution < -0.4 is 16.2 Å². The summed E-state index contributed by atoms with van der Waals surface area (Å²) in [6.45, 7) is 6.75. The highest BCUT2D eigenvalue weighted by Gasteiger charge is 2.28. The molecule has 4 N–H and O–H groups in total. The zero-order chi connectivity index (χ0) is 20.0. The molecule has 1 aliphatic heterocycles. The predicted octanol–water partition coefficient (Wildman–Crippen LogP) is 1.07. The molecular formula is C19H28N4O4. The molecule has 1 heterocycles. The van der Waals surface area contributed by atoms with Gasteiger partial charge in [0.05, 0.1) is 6.61 Å². The molecule has 0 radical (unpaired) electrons. The minimum Gasteiger partial charge on any atom is -0.494 e. The van der Waals surface area contributed by atoms with E-state index in [1.807, 2.05) is 12.1 Å². The second kappa shape index (κ2) is 8.75. The molecule has 0 fully saturated rings.